The lowest BCUT2D eigenvalue weighted by atomic mass is 9.98. The predicted molar refractivity (Wildman–Crippen MR) is 99.2 cm³/mol. The van der Waals surface area contributed by atoms with Gasteiger partial charge in [0.25, 0.3) is 11.5 Å². The van der Waals surface area contributed by atoms with E-state index in [4.69, 9.17) is 0 Å². The molecule has 0 aliphatic heterocycles. The number of carbonyl (C=O) groups excluding carboxylic acids is 1. The van der Waals surface area contributed by atoms with Gasteiger partial charge in [0, 0.05) is 5.69 Å². The third-order valence-corrected chi connectivity index (χ3v) is 4.36. The fraction of sp³-hybridized carbons (Fsp3) is 0.150. The van der Waals surface area contributed by atoms with Gasteiger partial charge in [0.05, 0.1) is 11.3 Å². The number of aromatic nitrogens is 2. The van der Waals surface area contributed by atoms with Crippen LogP contribution in [0.15, 0.2) is 53.3 Å². The van der Waals surface area contributed by atoms with E-state index in [0.717, 1.165) is 6.07 Å². The molecule has 3 aromatic rings. The molecule has 28 heavy (non-hydrogen) atoms. The molecule has 5 nitrogen and oxygen atoms in total. The fourth-order valence-corrected chi connectivity index (χ4v) is 2.82. The molecule has 3 rings (SSSR count). The van der Waals surface area contributed by atoms with E-state index in [0.29, 0.717) is 16.8 Å². The molecule has 0 fully saturated rings. The lowest BCUT2D eigenvalue weighted by Crippen LogP contribution is -2.26. The molecule has 144 valence electrons. The van der Waals surface area contributed by atoms with Gasteiger partial charge in [-0.15, -0.1) is 0 Å². The Labute approximate surface area is 158 Å². The van der Waals surface area contributed by atoms with Crippen LogP contribution in [-0.4, -0.2) is 16.1 Å². The first-order valence-electron chi connectivity index (χ1n) is 8.32. The van der Waals surface area contributed by atoms with Gasteiger partial charge >= 0.3 is 6.18 Å². The maximum atomic E-state index is 13.6. The number of aryl methyl sites for hydroxylation is 1. The van der Waals surface area contributed by atoms with Crippen LogP contribution in [0, 0.1) is 13.8 Å². The Morgan fingerprint density at radius 2 is 1.75 bits per heavy atom. The Morgan fingerprint density at radius 3 is 2.39 bits per heavy atom. The first kappa shape index (κ1) is 19.3. The van der Waals surface area contributed by atoms with Crippen LogP contribution in [0.4, 0.5) is 18.9 Å². The van der Waals surface area contributed by atoms with E-state index < -0.39 is 23.2 Å². The Balaban J connectivity index is 2.02. The van der Waals surface area contributed by atoms with Crippen molar-refractivity contribution in [2.45, 2.75) is 20.0 Å². The van der Waals surface area contributed by atoms with E-state index in [1.165, 1.54) is 12.1 Å². The summed E-state index contributed by atoms with van der Waals surface area (Å²) in [6.07, 6.45) is -4.62. The van der Waals surface area contributed by atoms with Gasteiger partial charge in [0.15, 0.2) is 0 Å². The smallest absolute Gasteiger partial charge is 0.322 e. The van der Waals surface area contributed by atoms with E-state index >= 15 is 0 Å². The second-order valence-corrected chi connectivity index (χ2v) is 6.22. The van der Waals surface area contributed by atoms with Crippen molar-refractivity contribution >= 4 is 11.6 Å². The van der Waals surface area contributed by atoms with Crippen LogP contribution in [0.3, 0.4) is 0 Å². The molecule has 8 heteroatoms. The first-order valence-corrected chi connectivity index (χ1v) is 8.32. The summed E-state index contributed by atoms with van der Waals surface area (Å²) >= 11 is 0. The molecular formula is C20H16F3N3O2. The van der Waals surface area contributed by atoms with Gasteiger partial charge < -0.3 is 5.32 Å². The van der Waals surface area contributed by atoms with Gasteiger partial charge in [-0.05, 0) is 42.7 Å². The van der Waals surface area contributed by atoms with E-state index in [1.54, 1.807) is 44.2 Å². The number of nitrogens with zero attached hydrogens (tertiary/aromatic N) is 1. The largest absolute Gasteiger partial charge is 0.417 e. The minimum Gasteiger partial charge on any atom is -0.322 e. The van der Waals surface area contributed by atoms with Gasteiger partial charge in [-0.3, -0.25) is 9.59 Å². The van der Waals surface area contributed by atoms with Gasteiger partial charge in [-0.25, -0.2) is 5.10 Å². The monoisotopic (exact) mass is 387 g/mol. The van der Waals surface area contributed by atoms with E-state index in [1.807, 2.05) is 0 Å². The molecule has 0 spiro atoms. The number of rotatable bonds is 3. The van der Waals surface area contributed by atoms with Crippen LogP contribution in [0.1, 0.15) is 27.2 Å². The topological polar surface area (TPSA) is 74.8 Å². The van der Waals surface area contributed by atoms with Gasteiger partial charge in [0.1, 0.15) is 5.56 Å². The molecule has 0 bridgehead atoms. The Hall–Kier alpha value is -3.42. The number of halogens is 3. The summed E-state index contributed by atoms with van der Waals surface area (Å²) in [4.78, 5) is 24.4. The highest BCUT2D eigenvalue weighted by atomic mass is 19.4. The summed E-state index contributed by atoms with van der Waals surface area (Å²) < 4.78 is 40.7. The summed E-state index contributed by atoms with van der Waals surface area (Å²) in [6.45, 7) is 3.16. The lowest BCUT2D eigenvalue weighted by Gasteiger charge is -2.15. The van der Waals surface area contributed by atoms with Crippen molar-refractivity contribution in [1.29, 1.82) is 0 Å². The molecule has 0 aliphatic rings. The zero-order chi connectivity index (χ0) is 20.5. The zero-order valence-electron chi connectivity index (χ0n) is 15.0. The molecule has 0 saturated heterocycles. The minimum atomic E-state index is -4.62. The minimum absolute atomic E-state index is 0.000109. The highest BCUT2D eigenvalue weighted by molar-refractivity contribution is 6.05. The standard InChI is InChI=1S/C20H16F3N3O2/c1-11-12(2)25-26-19(28)17(11)18(27)24-14-8-9-15(13-6-4-3-5-7-13)16(10-14)20(21,22)23/h3-10H,1-2H3,(H,24,27)(H,26,28). The van der Waals surface area contributed by atoms with Gasteiger partial charge in [0.2, 0.25) is 0 Å². The van der Waals surface area contributed by atoms with Crippen molar-refractivity contribution in [2.75, 3.05) is 5.32 Å². The average molecular weight is 387 g/mol. The maximum Gasteiger partial charge on any atom is 0.417 e. The number of H-pyrrole nitrogens is 1. The number of carbonyl (C=O) groups is 1. The molecular weight excluding hydrogens is 371 g/mol. The van der Waals surface area contributed by atoms with Crippen molar-refractivity contribution in [3.63, 3.8) is 0 Å². The molecule has 0 saturated carbocycles. The average Bonchev–Trinajstić information content (AvgIpc) is 2.65. The van der Waals surface area contributed by atoms with Crippen molar-refractivity contribution in [1.82, 2.24) is 10.2 Å². The summed E-state index contributed by atoms with van der Waals surface area (Å²) in [5.41, 5.74) is -0.632. The van der Waals surface area contributed by atoms with Crippen LogP contribution in [0.25, 0.3) is 11.1 Å². The van der Waals surface area contributed by atoms with Gasteiger partial charge in [-0.2, -0.15) is 18.3 Å². The van der Waals surface area contributed by atoms with Crippen molar-refractivity contribution in [2.24, 2.45) is 0 Å². The van der Waals surface area contributed by atoms with Crippen LogP contribution in [0.2, 0.25) is 0 Å². The van der Waals surface area contributed by atoms with Crippen LogP contribution in [-0.2, 0) is 6.18 Å². The number of hydrogen-bond donors (Lipinski definition) is 2. The Bertz CT molecular complexity index is 1090. The summed E-state index contributed by atoms with van der Waals surface area (Å²) in [6, 6.07) is 11.7. The van der Waals surface area contributed by atoms with Crippen molar-refractivity contribution in [3.8, 4) is 11.1 Å². The molecule has 2 aromatic carbocycles. The fourth-order valence-electron chi connectivity index (χ4n) is 2.82. The van der Waals surface area contributed by atoms with Gasteiger partial charge in [-0.1, -0.05) is 36.4 Å². The summed E-state index contributed by atoms with van der Waals surface area (Å²) in [5.74, 6) is -0.801. The Kier molecular flexibility index (Phi) is 5.04. The molecule has 1 heterocycles. The second-order valence-electron chi connectivity index (χ2n) is 6.22. The lowest BCUT2D eigenvalue weighted by molar-refractivity contribution is -0.137. The second kappa shape index (κ2) is 7.30. The number of amides is 1. The highest BCUT2D eigenvalue weighted by Crippen LogP contribution is 2.38. The SMILES string of the molecule is Cc1n[nH]c(=O)c(C(=O)Nc2ccc(-c3ccccc3)c(C(F)(F)F)c2)c1C. The number of benzene rings is 2. The predicted octanol–water partition coefficient (Wildman–Crippen LogP) is 4.32. The van der Waals surface area contributed by atoms with Crippen LogP contribution >= 0.6 is 0 Å². The molecule has 1 aromatic heterocycles. The number of aromatic amines is 1. The van der Waals surface area contributed by atoms with Crippen LogP contribution in [0.5, 0.6) is 0 Å². The molecule has 2 N–H and O–H groups in total. The van der Waals surface area contributed by atoms with E-state index in [2.05, 4.69) is 15.5 Å². The first-order chi connectivity index (χ1) is 13.2. The Morgan fingerprint density at radius 1 is 1.07 bits per heavy atom. The molecule has 0 unspecified atom stereocenters. The van der Waals surface area contributed by atoms with E-state index in [-0.39, 0.29) is 16.8 Å². The summed E-state index contributed by atoms with van der Waals surface area (Å²) in [7, 11) is 0. The molecule has 0 atom stereocenters. The zero-order valence-corrected chi connectivity index (χ0v) is 15.0. The van der Waals surface area contributed by atoms with E-state index in [9.17, 15) is 22.8 Å². The van der Waals surface area contributed by atoms with Crippen LogP contribution < -0.4 is 10.9 Å². The maximum absolute atomic E-state index is 13.6. The molecule has 0 aliphatic carbocycles. The number of alkyl halides is 3. The summed E-state index contributed by atoms with van der Waals surface area (Å²) in [5, 5.41) is 8.32. The highest BCUT2D eigenvalue weighted by Gasteiger charge is 2.34. The quantitative estimate of drug-likeness (QED) is 0.703. The molecule has 0 radical (unpaired) electrons. The van der Waals surface area contributed by atoms with Crippen molar-refractivity contribution in [3.05, 3.63) is 81.3 Å². The third-order valence-electron chi connectivity index (χ3n) is 4.36. The number of hydrogen-bond acceptors (Lipinski definition) is 3. The normalized spacial score (nSPS) is 11.3. The number of anilines is 1. The molecule has 1 amide bonds. The third kappa shape index (κ3) is 3.80. The van der Waals surface area contributed by atoms with Crippen molar-refractivity contribution < 1.29 is 18.0 Å². The number of nitrogens with one attached hydrogen (secondary N) is 2.